The van der Waals surface area contributed by atoms with Gasteiger partial charge in [0.05, 0.1) is 10.2 Å². The topological polar surface area (TPSA) is 63.8 Å². The second-order valence-corrected chi connectivity index (χ2v) is 4.55. The second kappa shape index (κ2) is 3.82. The maximum Gasteiger partial charge on any atom is 0.223 e. The summed E-state index contributed by atoms with van der Waals surface area (Å²) in [6, 6.07) is 0.801. The summed E-state index contributed by atoms with van der Waals surface area (Å²) in [6.45, 7) is 1.95. The van der Waals surface area contributed by atoms with Gasteiger partial charge in [0, 0.05) is 18.3 Å². The van der Waals surface area contributed by atoms with E-state index in [0.717, 1.165) is 23.0 Å². The molecule has 1 aliphatic rings. The summed E-state index contributed by atoms with van der Waals surface area (Å²) >= 11 is 3.36. The predicted molar refractivity (Wildman–Crippen MR) is 59.1 cm³/mol. The van der Waals surface area contributed by atoms with Crippen LogP contribution in [-0.2, 0) is 0 Å². The molecule has 14 heavy (non-hydrogen) atoms. The Labute approximate surface area is 91.4 Å². The van der Waals surface area contributed by atoms with Gasteiger partial charge in [-0.2, -0.15) is 0 Å². The molecule has 0 saturated heterocycles. The minimum Gasteiger partial charge on any atom is -0.351 e. The Morgan fingerprint density at radius 3 is 2.86 bits per heavy atom. The SMILES string of the molecule is Cc1nc(NC2CC(N)C2)ncc1Br. The summed E-state index contributed by atoms with van der Waals surface area (Å²) in [7, 11) is 0. The lowest BCUT2D eigenvalue weighted by molar-refractivity contribution is 0.372. The van der Waals surface area contributed by atoms with Gasteiger partial charge in [0.2, 0.25) is 5.95 Å². The minimum atomic E-state index is 0.351. The van der Waals surface area contributed by atoms with Crippen molar-refractivity contribution in [1.82, 2.24) is 9.97 Å². The van der Waals surface area contributed by atoms with Crippen molar-refractivity contribution in [2.24, 2.45) is 5.73 Å². The smallest absolute Gasteiger partial charge is 0.223 e. The van der Waals surface area contributed by atoms with Crippen molar-refractivity contribution in [2.45, 2.75) is 31.8 Å². The van der Waals surface area contributed by atoms with Crippen molar-refractivity contribution in [3.8, 4) is 0 Å². The third-order valence-corrected chi connectivity index (χ3v) is 3.21. The van der Waals surface area contributed by atoms with E-state index in [1.807, 2.05) is 6.92 Å². The van der Waals surface area contributed by atoms with E-state index in [1.165, 1.54) is 0 Å². The summed E-state index contributed by atoms with van der Waals surface area (Å²) in [5.41, 5.74) is 6.64. The van der Waals surface area contributed by atoms with E-state index in [0.29, 0.717) is 18.0 Å². The lowest BCUT2D eigenvalue weighted by Crippen LogP contribution is -2.44. The van der Waals surface area contributed by atoms with Crippen LogP contribution in [0.2, 0.25) is 0 Å². The number of rotatable bonds is 2. The molecule has 0 spiro atoms. The van der Waals surface area contributed by atoms with Gasteiger partial charge in [0.1, 0.15) is 0 Å². The van der Waals surface area contributed by atoms with Gasteiger partial charge in [-0.15, -0.1) is 0 Å². The monoisotopic (exact) mass is 256 g/mol. The highest BCUT2D eigenvalue weighted by atomic mass is 79.9. The molecule has 0 unspecified atom stereocenters. The molecule has 0 amide bonds. The lowest BCUT2D eigenvalue weighted by atomic mass is 9.88. The fourth-order valence-electron chi connectivity index (χ4n) is 1.48. The van der Waals surface area contributed by atoms with Gasteiger partial charge in [-0.3, -0.25) is 0 Å². The normalized spacial score (nSPS) is 25.6. The Morgan fingerprint density at radius 1 is 1.57 bits per heavy atom. The van der Waals surface area contributed by atoms with Gasteiger partial charge in [-0.05, 0) is 35.7 Å². The fourth-order valence-corrected chi connectivity index (χ4v) is 1.68. The van der Waals surface area contributed by atoms with Crippen molar-refractivity contribution in [1.29, 1.82) is 0 Å². The molecule has 3 N–H and O–H groups in total. The van der Waals surface area contributed by atoms with E-state index in [1.54, 1.807) is 6.20 Å². The second-order valence-electron chi connectivity index (χ2n) is 3.70. The number of nitrogens with one attached hydrogen (secondary N) is 1. The number of hydrogen-bond acceptors (Lipinski definition) is 4. The van der Waals surface area contributed by atoms with Crippen LogP contribution in [-0.4, -0.2) is 22.1 Å². The number of nitrogens with two attached hydrogens (primary N) is 1. The summed E-state index contributed by atoms with van der Waals surface area (Å²) in [5.74, 6) is 0.697. The Hall–Kier alpha value is -0.680. The number of aromatic nitrogens is 2. The van der Waals surface area contributed by atoms with Crippen LogP contribution >= 0.6 is 15.9 Å². The highest BCUT2D eigenvalue weighted by Gasteiger charge is 2.26. The molecule has 0 radical (unpaired) electrons. The van der Waals surface area contributed by atoms with Gasteiger partial charge in [0.25, 0.3) is 0 Å². The van der Waals surface area contributed by atoms with E-state index in [2.05, 4.69) is 31.2 Å². The molecule has 1 aromatic heterocycles. The molecule has 0 bridgehead atoms. The average molecular weight is 257 g/mol. The van der Waals surface area contributed by atoms with Crippen LogP contribution < -0.4 is 11.1 Å². The van der Waals surface area contributed by atoms with Crippen LogP contribution in [0.25, 0.3) is 0 Å². The van der Waals surface area contributed by atoms with Crippen molar-refractivity contribution in [3.63, 3.8) is 0 Å². The molecular weight excluding hydrogens is 244 g/mol. The third-order valence-electron chi connectivity index (χ3n) is 2.43. The molecule has 1 aliphatic carbocycles. The number of hydrogen-bond donors (Lipinski definition) is 2. The van der Waals surface area contributed by atoms with Crippen molar-refractivity contribution in [2.75, 3.05) is 5.32 Å². The van der Waals surface area contributed by atoms with Crippen LogP contribution in [0.15, 0.2) is 10.7 Å². The number of aryl methyl sites for hydroxylation is 1. The van der Waals surface area contributed by atoms with Gasteiger partial charge in [-0.25, -0.2) is 9.97 Å². The molecule has 5 heteroatoms. The van der Waals surface area contributed by atoms with Crippen LogP contribution in [0.3, 0.4) is 0 Å². The Kier molecular flexibility index (Phi) is 2.69. The largest absolute Gasteiger partial charge is 0.351 e. The molecule has 2 rings (SSSR count). The average Bonchev–Trinajstić information content (AvgIpc) is 2.09. The van der Waals surface area contributed by atoms with Gasteiger partial charge < -0.3 is 11.1 Å². The van der Waals surface area contributed by atoms with Gasteiger partial charge in [-0.1, -0.05) is 0 Å². The number of anilines is 1. The summed E-state index contributed by atoms with van der Waals surface area (Å²) in [5, 5.41) is 3.25. The molecular formula is C9H13BrN4. The highest BCUT2D eigenvalue weighted by Crippen LogP contribution is 2.21. The predicted octanol–water partition coefficient (Wildman–Crippen LogP) is 1.45. The van der Waals surface area contributed by atoms with E-state index in [4.69, 9.17) is 5.73 Å². The summed E-state index contributed by atoms with van der Waals surface area (Å²) in [4.78, 5) is 8.49. The Morgan fingerprint density at radius 2 is 2.29 bits per heavy atom. The van der Waals surface area contributed by atoms with Crippen LogP contribution in [0.5, 0.6) is 0 Å². The first-order valence-electron chi connectivity index (χ1n) is 4.66. The molecule has 76 valence electrons. The quantitative estimate of drug-likeness (QED) is 0.841. The van der Waals surface area contributed by atoms with E-state index < -0.39 is 0 Å². The molecule has 1 fully saturated rings. The fraction of sp³-hybridized carbons (Fsp3) is 0.556. The Balaban J connectivity index is 2.00. The first-order valence-corrected chi connectivity index (χ1v) is 5.45. The zero-order valence-electron chi connectivity index (χ0n) is 8.00. The number of nitrogens with zero attached hydrogens (tertiary/aromatic N) is 2. The molecule has 1 aromatic rings. The zero-order chi connectivity index (χ0) is 10.1. The molecule has 4 nitrogen and oxygen atoms in total. The van der Waals surface area contributed by atoms with Crippen LogP contribution in [0.1, 0.15) is 18.5 Å². The maximum atomic E-state index is 5.69. The molecule has 1 heterocycles. The summed E-state index contributed by atoms with van der Waals surface area (Å²) < 4.78 is 0.938. The molecule has 1 saturated carbocycles. The van der Waals surface area contributed by atoms with Crippen molar-refractivity contribution >= 4 is 21.9 Å². The van der Waals surface area contributed by atoms with Gasteiger partial charge in [0.15, 0.2) is 0 Å². The van der Waals surface area contributed by atoms with E-state index in [9.17, 15) is 0 Å². The first-order chi connectivity index (χ1) is 6.65. The number of halogens is 1. The van der Waals surface area contributed by atoms with Crippen LogP contribution in [0.4, 0.5) is 5.95 Å². The van der Waals surface area contributed by atoms with Crippen LogP contribution in [0, 0.1) is 6.92 Å². The molecule has 0 aromatic carbocycles. The zero-order valence-corrected chi connectivity index (χ0v) is 9.58. The lowest BCUT2D eigenvalue weighted by Gasteiger charge is -2.32. The van der Waals surface area contributed by atoms with Crippen molar-refractivity contribution in [3.05, 3.63) is 16.4 Å². The first kappa shape index (κ1) is 9.86. The van der Waals surface area contributed by atoms with Gasteiger partial charge >= 0.3 is 0 Å². The standard InChI is InChI=1S/C9H13BrN4/c1-5-8(10)4-12-9(13-5)14-7-2-6(11)3-7/h4,6-7H,2-3,11H2,1H3,(H,12,13,14). The van der Waals surface area contributed by atoms with E-state index >= 15 is 0 Å². The maximum absolute atomic E-state index is 5.69. The summed E-state index contributed by atoms with van der Waals surface area (Å²) in [6.07, 6.45) is 3.79. The molecule has 0 atom stereocenters. The Bertz CT molecular complexity index is 336. The van der Waals surface area contributed by atoms with E-state index in [-0.39, 0.29) is 0 Å². The van der Waals surface area contributed by atoms with Crippen molar-refractivity contribution < 1.29 is 0 Å². The third kappa shape index (κ3) is 2.04. The minimum absolute atomic E-state index is 0.351. The highest BCUT2D eigenvalue weighted by molar-refractivity contribution is 9.10. The molecule has 0 aliphatic heterocycles.